The average molecular weight is 208 g/mol. The summed E-state index contributed by atoms with van der Waals surface area (Å²) >= 11 is 0. The van der Waals surface area contributed by atoms with Crippen LogP contribution in [0.5, 0.6) is 0 Å². The minimum atomic E-state index is 0.853. The van der Waals surface area contributed by atoms with Crippen molar-refractivity contribution in [3.8, 4) is 0 Å². The van der Waals surface area contributed by atoms with E-state index in [1.54, 1.807) is 0 Å². The molecule has 3 heteroatoms. The van der Waals surface area contributed by atoms with Crippen LogP contribution in [0.1, 0.15) is 18.4 Å². The van der Waals surface area contributed by atoms with Crippen LogP contribution in [0.2, 0.25) is 0 Å². The molecule has 0 aliphatic rings. The van der Waals surface area contributed by atoms with Crippen molar-refractivity contribution < 1.29 is 4.74 Å². The summed E-state index contributed by atoms with van der Waals surface area (Å²) in [4.78, 5) is 3.99. The zero-order valence-electron chi connectivity index (χ0n) is 9.41. The lowest BCUT2D eigenvalue weighted by Crippen LogP contribution is -2.10. The molecule has 0 aliphatic heterocycles. The Labute approximate surface area is 91.9 Å². The second kappa shape index (κ2) is 8.38. The molecule has 0 fully saturated rings. The molecule has 3 nitrogen and oxygen atoms in total. The Morgan fingerprint density at radius 3 is 2.67 bits per heavy atom. The maximum absolute atomic E-state index is 5.50. The predicted octanol–water partition coefficient (Wildman–Crippen LogP) is 1.64. The standard InChI is InChI=1S/C12H20N2O/c1-13-7-3-11-15-10-2-4-12-5-8-14-9-6-12/h5-6,8-9,13H,2-4,7,10-11H2,1H3. The fourth-order valence-electron chi connectivity index (χ4n) is 1.38. The summed E-state index contributed by atoms with van der Waals surface area (Å²) in [5.41, 5.74) is 1.34. The van der Waals surface area contributed by atoms with E-state index in [2.05, 4.69) is 22.4 Å². The first-order chi connectivity index (χ1) is 7.43. The Balaban J connectivity index is 1.93. The zero-order valence-corrected chi connectivity index (χ0v) is 9.41. The number of aromatic nitrogens is 1. The first kappa shape index (κ1) is 12.1. The Kier molecular flexibility index (Phi) is 6.79. The number of pyridine rings is 1. The van der Waals surface area contributed by atoms with E-state index >= 15 is 0 Å². The summed E-state index contributed by atoms with van der Waals surface area (Å²) in [5.74, 6) is 0. The predicted molar refractivity (Wildman–Crippen MR) is 61.9 cm³/mol. The molecule has 1 aromatic rings. The van der Waals surface area contributed by atoms with E-state index in [0.29, 0.717) is 0 Å². The van der Waals surface area contributed by atoms with E-state index in [9.17, 15) is 0 Å². The molecule has 1 N–H and O–H groups in total. The number of hydrogen-bond acceptors (Lipinski definition) is 3. The normalized spacial score (nSPS) is 10.5. The van der Waals surface area contributed by atoms with Crippen molar-refractivity contribution >= 4 is 0 Å². The Morgan fingerprint density at radius 1 is 1.20 bits per heavy atom. The molecule has 1 aromatic heterocycles. The van der Waals surface area contributed by atoms with Gasteiger partial charge in [0.05, 0.1) is 0 Å². The minimum Gasteiger partial charge on any atom is -0.381 e. The molecule has 0 aliphatic carbocycles. The van der Waals surface area contributed by atoms with Crippen LogP contribution in [0, 0.1) is 0 Å². The summed E-state index contributed by atoms with van der Waals surface area (Å²) in [5, 5.41) is 3.10. The summed E-state index contributed by atoms with van der Waals surface area (Å²) < 4.78 is 5.50. The number of nitrogens with one attached hydrogen (secondary N) is 1. The van der Waals surface area contributed by atoms with Gasteiger partial charge in [0, 0.05) is 25.6 Å². The highest BCUT2D eigenvalue weighted by molar-refractivity contribution is 5.09. The second-order valence-corrected chi connectivity index (χ2v) is 3.53. The van der Waals surface area contributed by atoms with Gasteiger partial charge in [-0.15, -0.1) is 0 Å². The molecule has 0 saturated heterocycles. The summed E-state index contributed by atoms with van der Waals surface area (Å²) in [6.45, 7) is 2.74. The zero-order chi connectivity index (χ0) is 10.8. The summed E-state index contributed by atoms with van der Waals surface area (Å²) in [6.07, 6.45) is 6.93. The third-order valence-electron chi connectivity index (χ3n) is 2.22. The van der Waals surface area contributed by atoms with Crippen molar-refractivity contribution in [2.75, 3.05) is 26.8 Å². The van der Waals surface area contributed by atoms with Gasteiger partial charge in [-0.05, 0) is 50.6 Å². The quantitative estimate of drug-likeness (QED) is 0.659. The van der Waals surface area contributed by atoms with Gasteiger partial charge in [0.1, 0.15) is 0 Å². The van der Waals surface area contributed by atoms with E-state index in [-0.39, 0.29) is 0 Å². The van der Waals surface area contributed by atoms with Gasteiger partial charge in [-0.2, -0.15) is 0 Å². The van der Waals surface area contributed by atoms with Crippen molar-refractivity contribution in [2.24, 2.45) is 0 Å². The number of hydrogen-bond donors (Lipinski definition) is 1. The second-order valence-electron chi connectivity index (χ2n) is 3.53. The molecule has 1 heterocycles. The molecule has 0 spiro atoms. The topological polar surface area (TPSA) is 34.1 Å². The van der Waals surface area contributed by atoms with Crippen LogP contribution in [0.15, 0.2) is 24.5 Å². The molecule has 0 saturated carbocycles. The lowest BCUT2D eigenvalue weighted by atomic mass is 10.1. The third-order valence-corrected chi connectivity index (χ3v) is 2.22. The molecule has 84 valence electrons. The van der Waals surface area contributed by atoms with E-state index in [1.165, 1.54) is 5.56 Å². The maximum atomic E-state index is 5.50. The number of aryl methyl sites for hydroxylation is 1. The molecule has 0 radical (unpaired) electrons. The molecular formula is C12H20N2O. The monoisotopic (exact) mass is 208 g/mol. The number of ether oxygens (including phenoxy) is 1. The van der Waals surface area contributed by atoms with Crippen molar-refractivity contribution in [3.05, 3.63) is 30.1 Å². The van der Waals surface area contributed by atoms with Crippen molar-refractivity contribution in [2.45, 2.75) is 19.3 Å². The first-order valence-electron chi connectivity index (χ1n) is 5.54. The number of rotatable bonds is 8. The fraction of sp³-hybridized carbons (Fsp3) is 0.583. The molecule has 0 atom stereocenters. The lowest BCUT2D eigenvalue weighted by molar-refractivity contribution is 0.130. The van der Waals surface area contributed by atoms with E-state index in [0.717, 1.165) is 39.0 Å². The van der Waals surface area contributed by atoms with Crippen LogP contribution in [0.3, 0.4) is 0 Å². The van der Waals surface area contributed by atoms with E-state index < -0.39 is 0 Å². The van der Waals surface area contributed by atoms with E-state index in [4.69, 9.17) is 4.74 Å². The van der Waals surface area contributed by atoms with Crippen LogP contribution in [-0.4, -0.2) is 31.8 Å². The van der Waals surface area contributed by atoms with Gasteiger partial charge in [-0.1, -0.05) is 0 Å². The van der Waals surface area contributed by atoms with E-state index in [1.807, 2.05) is 19.4 Å². The summed E-state index contributed by atoms with van der Waals surface area (Å²) in [6, 6.07) is 4.11. The van der Waals surface area contributed by atoms with Gasteiger partial charge in [0.15, 0.2) is 0 Å². The summed E-state index contributed by atoms with van der Waals surface area (Å²) in [7, 11) is 1.96. The van der Waals surface area contributed by atoms with Crippen molar-refractivity contribution in [1.29, 1.82) is 0 Å². The molecule has 0 aromatic carbocycles. The Morgan fingerprint density at radius 2 is 1.93 bits per heavy atom. The van der Waals surface area contributed by atoms with Gasteiger partial charge in [-0.3, -0.25) is 4.98 Å². The highest BCUT2D eigenvalue weighted by Gasteiger charge is 1.92. The highest BCUT2D eigenvalue weighted by atomic mass is 16.5. The smallest absolute Gasteiger partial charge is 0.0478 e. The number of nitrogens with zero attached hydrogens (tertiary/aromatic N) is 1. The van der Waals surface area contributed by atoms with Crippen LogP contribution >= 0.6 is 0 Å². The van der Waals surface area contributed by atoms with Gasteiger partial charge < -0.3 is 10.1 Å². The SMILES string of the molecule is CNCCCOCCCc1ccncc1. The van der Waals surface area contributed by atoms with Gasteiger partial charge in [0.2, 0.25) is 0 Å². The average Bonchev–Trinajstić information content (AvgIpc) is 2.29. The fourth-order valence-corrected chi connectivity index (χ4v) is 1.38. The van der Waals surface area contributed by atoms with Crippen LogP contribution in [0.4, 0.5) is 0 Å². The van der Waals surface area contributed by atoms with Crippen LogP contribution in [-0.2, 0) is 11.2 Å². The van der Waals surface area contributed by atoms with Gasteiger partial charge in [0.25, 0.3) is 0 Å². The first-order valence-corrected chi connectivity index (χ1v) is 5.54. The Bertz CT molecular complexity index is 239. The van der Waals surface area contributed by atoms with Crippen LogP contribution in [0.25, 0.3) is 0 Å². The minimum absolute atomic E-state index is 0.853. The largest absolute Gasteiger partial charge is 0.381 e. The molecule has 1 rings (SSSR count). The van der Waals surface area contributed by atoms with Gasteiger partial charge in [-0.25, -0.2) is 0 Å². The van der Waals surface area contributed by atoms with Gasteiger partial charge >= 0.3 is 0 Å². The Hall–Kier alpha value is -0.930. The van der Waals surface area contributed by atoms with Crippen LogP contribution < -0.4 is 5.32 Å². The third kappa shape index (κ3) is 6.20. The molecule has 0 amide bonds. The molecule has 0 bridgehead atoms. The maximum Gasteiger partial charge on any atom is 0.0478 e. The van der Waals surface area contributed by atoms with Crippen molar-refractivity contribution in [1.82, 2.24) is 10.3 Å². The molecule has 0 unspecified atom stereocenters. The molecular weight excluding hydrogens is 188 g/mol. The lowest BCUT2D eigenvalue weighted by Gasteiger charge is -2.04. The van der Waals surface area contributed by atoms with Crippen molar-refractivity contribution in [3.63, 3.8) is 0 Å². The molecule has 15 heavy (non-hydrogen) atoms. The highest BCUT2D eigenvalue weighted by Crippen LogP contribution is 2.00.